The highest BCUT2D eigenvalue weighted by atomic mass is 16.5. The van der Waals surface area contributed by atoms with E-state index in [1.54, 1.807) is 36.4 Å². The summed E-state index contributed by atoms with van der Waals surface area (Å²) in [5.74, 6) is -2.48. The predicted molar refractivity (Wildman–Crippen MR) is 163 cm³/mol. The summed E-state index contributed by atoms with van der Waals surface area (Å²) in [7, 11) is 1.41. The fourth-order valence-corrected chi connectivity index (χ4v) is 3.97. The lowest BCUT2D eigenvalue weighted by molar-refractivity contribution is -0.129. The molecule has 0 bridgehead atoms. The molecule has 0 saturated carbocycles. The summed E-state index contributed by atoms with van der Waals surface area (Å²) >= 11 is 0. The van der Waals surface area contributed by atoms with Gasteiger partial charge in [0, 0.05) is 58.7 Å². The second-order valence-electron chi connectivity index (χ2n) is 9.70. The maximum Gasteiger partial charge on any atom is 0.244 e. The normalized spacial score (nSPS) is 12.1. The minimum Gasteiger partial charge on any atom is -0.469 e. The van der Waals surface area contributed by atoms with E-state index in [2.05, 4.69) is 31.9 Å². The van der Waals surface area contributed by atoms with Crippen molar-refractivity contribution in [3.63, 3.8) is 0 Å². The van der Waals surface area contributed by atoms with Gasteiger partial charge in [-0.1, -0.05) is 24.3 Å². The molecule has 15 heteroatoms. The Morgan fingerprint density at radius 1 is 0.867 bits per heavy atom. The number of benzene rings is 1. The van der Waals surface area contributed by atoms with Crippen LogP contribution in [-0.4, -0.2) is 87.4 Å². The Balaban J connectivity index is 2.05. The number of nitrogens with one attached hydrogen (secondary N) is 6. The summed E-state index contributed by atoms with van der Waals surface area (Å²) in [6.45, 7) is 2.13. The van der Waals surface area contributed by atoms with Gasteiger partial charge in [-0.15, -0.1) is 0 Å². The highest BCUT2D eigenvalue weighted by Crippen LogP contribution is 2.11. The number of nitrogens with two attached hydrogens (primary N) is 1. The van der Waals surface area contributed by atoms with Gasteiger partial charge < -0.3 is 46.8 Å². The number of furan rings is 1. The molecule has 45 heavy (non-hydrogen) atoms. The van der Waals surface area contributed by atoms with E-state index < -0.39 is 41.6 Å². The topological polar surface area (TPSA) is 223 Å². The van der Waals surface area contributed by atoms with Crippen molar-refractivity contribution >= 4 is 35.4 Å². The summed E-state index contributed by atoms with van der Waals surface area (Å²) in [5, 5.41) is 15.5. The number of ether oxygens (including phenoxy) is 1. The summed E-state index contributed by atoms with van der Waals surface area (Å²) in [5.41, 5.74) is 6.62. The van der Waals surface area contributed by atoms with Crippen LogP contribution in [0.2, 0.25) is 0 Å². The van der Waals surface area contributed by atoms with Crippen LogP contribution in [-0.2, 0) is 52.9 Å². The first-order valence-electron chi connectivity index (χ1n) is 14.3. The van der Waals surface area contributed by atoms with Gasteiger partial charge in [0.25, 0.3) is 0 Å². The zero-order valence-corrected chi connectivity index (χ0v) is 25.4. The lowest BCUT2D eigenvalue weighted by atomic mass is 10.0. The molecule has 0 radical (unpaired) electrons. The third-order valence-corrected chi connectivity index (χ3v) is 6.17. The predicted octanol–water partition coefficient (Wildman–Crippen LogP) is -1.82. The van der Waals surface area contributed by atoms with Gasteiger partial charge in [0.2, 0.25) is 35.4 Å². The summed E-state index contributed by atoms with van der Waals surface area (Å²) < 4.78 is 10.6. The molecule has 0 aliphatic rings. The second kappa shape index (κ2) is 20.0. The summed E-state index contributed by atoms with van der Waals surface area (Å²) in [4.78, 5) is 74.1. The fourth-order valence-electron chi connectivity index (χ4n) is 3.97. The highest BCUT2D eigenvalue weighted by molar-refractivity contribution is 5.97. The van der Waals surface area contributed by atoms with Gasteiger partial charge in [-0.25, -0.2) is 0 Å². The van der Waals surface area contributed by atoms with Gasteiger partial charge in [-0.2, -0.15) is 0 Å². The van der Waals surface area contributed by atoms with Crippen molar-refractivity contribution in [3.05, 3.63) is 71.7 Å². The maximum atomic E-state index is 13.1. The molecule has 8 N–H and O–H groups in total. The third-order valence-electron chi connectivity index (χ3n) is 6.17. The first-order chi connectivity index (χ1) is 21.6. The molecule has 1 aromatic carbocycles. The van der Waals surface area contributed by atoms with Crippen molar-refractivity contribution in [3.8, 4) is 0 Å². The molecular formula is C30H41N7O8. The first kappa shape index (κ1) is 36.2. The van der Waals surface area contributed by atoms with Gasteiger partial charge in [0.05, 0.1) is 25.9 Å². The van der Waals surface area contributed by atoms with E-state index in [4.69, 9.17) is 14.9 Å². The molecule has 0 fully saturated rings. The van der Waals surface area contributed by atoms with Crippen LogP contribution in [0.1, 0.15) is 23.8 Å². The van der Waals surface area contributed by atoms with Crippen LogP contribution < -0.4 is 37.6 Å². The van der Waals surface area contributed by atoms with Crippen molar-refractivity contribution in [2.24, 2.45) is 5.73 Å². The van der Waals surface area contributed by atoms with Crippen molar-refractivity contribution in [2.75, 3.05) is 39.9 Å². The van der Waals surface area contributed by atoms with Crippen LogP contribution in [0.15, 0.2) is 59.2 Å². The van der Waals surface area contributed by atoms with Crippen LogP contribution in [0.25, 0.3) is 0 Å². The van der Waals surface area contributed by atoms with Crippen LogP contribution in [0, 0.1) is 0 Å². The van der Waals surface area contributed by atoms with Crippen molar-refractivity contribution in [1.82, 2.24) is 31.9 Å². The van der Waals surface area contributed by atoms with E-state index in [-0.39, 0.29) is 45.0 Å². The molecule has 0 saturated heterocycles. The maximum absolute atomic E-state index is 13.1. The van der Waals surface area contributed by atoms with Crippen LogP contribution >= 0.6 is 0 Å². The van der Waals surface area contributed by atoms with Crippen LogP contribution in [0.3, 0.4) is 0 Å². The van der Waals surface area contributed by atoms with Crippen LogP contribution in [0.5, 0.6) is 0 Å². The Bertz CT molecular complexity index is 1310. The molecular weight excluding hydrogens is 586 g/mol. The van der Waals surface area contributed by atoms with Gasteiger partial charge in [0.1, 0.15) is 17.8 Å². The number of carbonyl (C=O) groups is 6. The molecule has 0 aliphatic heterocycles. The molecule has 15 nitrogen and oxygen atoms in total. The first-order valence-corrected chi connectivity index (χ1v) is 14.3. The standard InChI is InChI=1S/C30H41N7O8/c1-20(38)36-24(17-23-8-5-13-45-23)29(42)35-18-22-7-4-3-6-21(22)16-28(41)37-25(30(43)33-12-15-44-14-11-31)19-34-27(40)10-9-26(39)32-2/h3-10,13,24-25H,11-12,14-19,31H2,1-2H3,(H,32,39)(H,33,43)(H,34,40)(H,35,42)(H,36,38)(H,37,41)/b10-9-/t24-,25-/m0/s1. The molecule has 1 heterocycles. The largest absolute Gasteiger partial charge is 0.469 e. The Morgan fingerprint density at radius 3 is 2.24 bits per heavy atom. The summed E-state index contributed by atoms with van der Waals surface area (Å²) in [6.07, 6.45) is 3.53. The van der Waals surface area contributed by atoms with Gasteiger partial charge >= 0.3 is 0 Å². The SMILES string of the molecule is CNC(=O)/C=C\C(=O)NC[C@H](NC(=O)Cc1ccccc1CNC(=O)[C@H](Cc1ccco1)NC(C)=O)C(=O)NCCOCCN. The molecule has 2 atom stereocenters. The monoisotopic (exact) mass is 627 g/mol. The number of rotatable bonds is 19. The number of likely N-dealkylation sites (N-methyl/N-ethyl adjacent to an activating group) is 1. The van der Waals surface area contributed by atoms with E-state index in [0.29, 0.717) is 30.0 Å². The molecule has 0 aliphatic carbocycles. The number of hydrogen-bond donors (Lipinski definition) is 7. The van der Waals surface area contributed by atoms with E-state index in [1.807, 2.05) is 0 Å². The van der Waals surface area contributed by atoms with E-state index in [9.17, 15) is 28.8 Å². The lowest BCUT2D eigenvalue weighted by Gasteiger charge is -2.20. The molecule has 2 rings (SSSR count). The number of hydrogen-bond acceptors (Lipinski definition) is 9. The minimum atomic E-state index is -1.14. The fraction of sp³-hybridized carbons (Fsp3) is 0.400. The van der Waals surface area contributed by atoms with Crippen molar-refractivity contribution in [1.29, 1.82) is 0 Å². The Kier molecular flexibility index (Phi) is 16.1. The van der Waals surface area contributed by atoms with E-state index >= 15 is 0 Å². The van der Waals surface area contributed by atoms with Crippen molar-refractivity contribution < 1.29 is 37.9 Å². The lowest BCUT2D eigenvalue weighted by Crippen LogP contribution is -2.53. The zero-order valence-electron chi connectivity index (χ0n) is 25.4. The molecule has 0 spiro atoms. The van der Waals surface area contributed by atoms with Crippen molar-refractivity contribution in [2.45, 2.75) is 38.4 Å². The average Bonchev–Trinajstić information content (AvgIpc) is 3.53. The van der Waals surface area contributed by atoms with Gasteiger partial charge in [0.15, 0.2) is 0 Å². The molecule has 0 unspecified atom stereocenters. The molecule has 2 aromatic rings. The quantitative estimate of drug-likeness (QED) is 0.0687. The average molecular weight is 628 g/mol. The highest BCUT2D eigenvalue weighted by Gasteiger charge is 2.23. The minimum absolute atomic E-state index is 0.0664. The van der Waals surface area contributed by atoms with Gasteiger partial charge in [-0.3, -0.25) is 28.8 Å². The molecule has 1 aromatic heterocycles. The Labute approximate surface area is 261 Å². The van der Waals surface area contributed by atoms with Crippen LogP contribution in [0.4, 0.5) is 0 Å². The molecule has 6 amide bonds. The molecule has 244 valence electrons. The Hall–Kier alpha value is -5.02. The second-order valence-corrected chi connectivity index (χ2v) is 9.70. The third kappa shape index (κ3) is 14.3. The Morgan fingerprint density at radius 2 is 1.58 bits per heavy atom. The smallest absolute Gasteiger partial charge is 0.244 e. The van der Waals surface area contributed by atoms with E-state index in [1.165, 1.54) is 20.2 Å². The van der Waals surface area contributed by atoms with E-state index in [0.717, 1.165) is 12.2 Å². The number of amides is 6. The number of carbonyl (C=O) groups excluding carboxylic acids is 6. The zero-order chi connectivity index (χ0) is 33.0. The summed E-state index contributed by atoms with van der Waals surface area (Å²) in [6, 6.07) is 8.31. The van der Waals surface area contributed by atoms with Gasteiger partial charge in [-0.05, 0) is 23.3 Å².